The maximum absolute atomic E-state index is 13.3. The van der Waals surface area contributed by atoms with E-state index in [1.54, 1.807) is 24.5 Å². The van der Waals surface area contributed by atoms with Crippen LogP contribution in [0.2, 0.25) is 0 Å². The molecule has 0 aromatic carbocycles. The molecule has 4 N–H and O–H groups in total. The molecule has 9 heteroatoms. The molecule has 1 aliphatic carbocycles. The van der Waals surface area contributed by atoms with E-state index < -0.39 is 6.04 Å². The average Bonchev–Trinajstić information content (AvgIpc) is 3.45. The van der Waals surface area contributed by atoms with E-state index >= 15 is 0 Å². The summed E-state index contributed by atoms with van der Waals surface area (Å²) in [5.41, 5.74) is 2.64. The van der Waals surface area contributed by atoms with Crippen LogP contribution in [0.1, 0.15) is 49.9 Å². The summed E-state index contributed by atoms with van der Waals surface area (Å²) in [5, 5.41) is 16.4. The van der Waals surface area contributed by atoms with E-state index in [-0.39, 0.29) is 18.6 Å². The first-order chi connectivity index (χ1) is 15.6. The van der Waals surface area contributed by atoms with Gasteiger partial charge in [0.15, 0.2) is 0 Å². The summed E-state index contributed by atoms with van der Waals surface area (Å²) in [7, 11) is 0. The molecule has 9 nitrogen and oxygen atoms in total. The van der Waals surface area contributed by atoms with Gasteiger partial charge in [-0.05, 0) is 44.4 Å². The van der Waals surface area contributed by atoms with E-state index in [0.717, 1.165) is 31.2 Å². The number of allylic oxidation sites excluding steroid dienone is 1. The van der Waals surface area contributed by atoms with Crippen LogP contribution in [0.15, 0.2) is 58.6 Å². The highest BCUT2D eigenvalue weighted by molar-refractivity contribution is 5.96. The van der Waals surface area contributed by atoms with Crippen LogP contribution in [0.4, 0.5) is 6.01 Å². The van der Waals surface area contributed by atoms with Gasteiger partial charge < -0.3 is 20.4 Å². The maximum atomic E-state index is 13.3. The monoisotopic (exact) mass is 436 g/mol. The number of amides is 1. The molecule has 168 valence electrons. The van der Waals surface area contributed by atoms with Gasteiger partial charge in [-0.1, -0.05) is 29.8 Å². The Kier molecular flexibility index (Phi) is 8.26. The third-order valence-electron chi connectivity index (χ3n) is 5.37. The molecule has 1 amide bonds. The predicted molar refractivity (Wildman–Crippen MR) is 123 cm³/mol. The molecular formula is C23H30N7O2+. The Morgan fingerprint density at radius 3 is 2.81 bits per heavy atom. The van der Waals surface area contributed by atoms with Gasteiger partial charge in [0.1, 0.15) is 11.3 Å². The van der Waals surface area contributed by atoms with E-state index in [0.29, 0.717) is 23.0 Å². The number of carbonyl (C=O) groups is 1. The van der Waals surface area contributed by atoms with Gasteiger partial charge in [-0.15, -0.1) is 0 Å². The number of anilines is 1. The molecule has 1 fully saturated rings. The molecule has 1 saturated carbocycles. The SMILES string of the molecule is C#[N+]C(/C(C(=O)NC1CCCC1)=C(/C)NCNc1ncccccco1)c1[nH]ncc1C. The van der Waals surface area contributed by atoms with Crippen LogP contribution in [0, 0.1) is 13.5 Å². The van der Waals surface area contributed by atoms with Gasteiger partial charge in [0.25, 0.3) is 18.5 Å². The maximum Gasteiger partial charge on any atom is 0.345 e. The Balaban J connectivity index is 1.82. The summed E-state index contributed by atoms with van der Waals surface area (Å²) in [6.45, 7) is 9.77. The number of hydrogen-bond donors (Lipinski definition) is 4. The fourth-order valence-electron chi connectivity index (χ4n) is 3.66. The van der Waals surface area contributed by atoms with Crippen LogP contribution < -0.4 is 16.0 Å². The van der Waals surface area contributed by atoms with Crippen LogP contribution in [-0.2, 0) is 4.79 Å². The summed E-state index contributed by atoms with van der Waals surface area (Å²) in [4.78, 5) is 21.5. The lowest BCUT2D eigenvalue weighted by atomic mass is 9.99. The minimum absolute atomic E-state index is 0.165. The summed E-state index contributed by atoms with van der Waals surface area (Å²) in [6.07, 6.45) is 9.04. The molecule has 1 atom stereocenters. The Labute approximate surface area is 187 Å². The van der Waals surface area contributed by atoms with Crippen molar-refractivity contribution in [2.75, 3.05) is 12.0 Å². The highest BCUT2D eigenvalue weighted by Crippen LogP contribution is 2.29. The number of aromatic nitrogens is 3. The van der Waals surface area contributed by atoms with Gasteiger partial charge in [-0.2, -0.15) is 5.10 Å². The summed E-state index contributed by atoms with van der Waals surface area (Å²) < 4.78 is 5.45. The highest BCUT2D eigenvalue weighted by Gasteiger charge is 2.36. The standard InChI is InChI=1S/C23H29N7O2/c1-16-14-28-30-20(16)21(24-3)19(22(31)29-18-10-6-7-11-18)17(2)26-15-27-23-25-12-8-4-5-9-13-32-23/h3-5,8-9,12-14,18,21H,6-7,10-11,15H2,1-2H3,(H3-,25,26,27,28,29,30,31)/p+1. The Bertz CT molecular complexity index is 1000. The van der Waals surface area contributed by atoms with Crippen molar-refractivity contribution in [1.29, 1.82) is 0 Å². The predicted octanol–water partition coefficient (Wildman–Crippen LogP) is 3.83. The second-order valence-electron chi connectivity index (χ2n) is 7.65. The van der Waals surface area contributed by atoms with Gasteiger partial charge in [-0.3, -0.25) is 9.89 Å². The minimum Gasteiger partial charge on any atom is -0.434 e. The largest absolute Gasteiger partial charge is 0.434 e. The van der Waals surface area contributed by atoms with E-state index in [2.05, 4.69) is 36.0 Å². The van der Waals surface area contributed by atoms with E-state index in [9.17, 15) is 4.79 Å². The molecule has 2 aromatic rings. The number of H-pyrrole nitrogens is 1. The molecule has 0 spiro atoms. The zero-order valence-electron chi connectivity index (χ0n) is 18.5. The first-order valence-electron chi connectivity index (χ1n) is 10.7. The molecule has 32 heavy (non-hydrogen) atoms. The first kappa shape index (κ1) is 22.9. The van der Waals surface area contributed by atoms with Gasteiger partial charge >= 0.3 is 6.04 Å². The number of aryl methyl sites for hydroxylation is 1. The number of hydrogen-bond acceptors (Lipinski definition) is 6. The van der Waals surface area contributed by atoms with Crippen LogP contribution in [0.25, 0.3) is 4.85 Å². The normalized spacial score (nSPS) is 15.2. The molecule has 0 radical (unpaired) electrons. The van der Waals surface area contributed by atoms with Crippen molar-refractivity contribution in [2.45, 2.75) is 51.6 Å². The Morgan fingerprint density at radius 1 is 1.31 bits per heavy atom. The highest BCUT2D eigenvalue weighted by atomic mass is 16.3. The van der Waals surface area contributed by atoms with Crippen molar-refractivity contribution >= 4 is 11.9 Å². The quantitative estimate of drug-likeness (QED) is 0.370. The molecule has 0 saturated heterocycles. The zero-order chi connectivity index (χ0) is 22.8. The molecule has 3 rings (SSSR count). The summed E-state index contributed by atoms with van der Waals surface area (Å²) >= 11 is 0. The minimum atomic E-state index is -0.679. The number of carbonyl (C=O) groups excluding carboxylic acids is 1. The topological polar surface area (TPSA) is 112 Å². The van der Waals surface area contributed by atoms with Gasteiger partial charge in [0.2, 0.25) is 0 Å². The second kappa shape index (κ2) is 11.6. The zero-order valence-corrected chi connectivity index (χ0v) is 18.5. The third kappa shape index (κ3) is 6.11. The third-order valence-corrected chi connectivity index (χ3v) is 5.37. The Morgan fingerprint density at radius 2 is 2.09 bits per heavy atom. The molecule has 0 bridgehead atoms. The van der Waals surface area contributed by atoms with E-state index in [1.807, 2.05) is 26.0 Å². The van der Waals surface area contributed by atoms with Crippen molar-refractivity contribution in [1.82, 2.24) is 25.8 Å². The van der Waals surface area contributed by atoms with Crippen molar-refractivity contribution in [3.05, 3.63) is 70.3 Å². The molecule has 0 aliphatic heterocycles. The second-order valence-corrected chi connectivity index (χ2v) is 7.65. The molecule has 2 heterocycles. The van der Waals surface area contributed by atoms with Gasteiger partial charge in [0.05, 0.1) is 19.1 Å². The van der Waals surface area contributed by atoms with Crippen LogP contribution in [-0.4, -0.2) is 33.8 Å². The van der Waals surface area contributed by atoms with Crippen molar-refractivity contribution in [3.63, 3.8) is 0 Å². The number of nitrogens with zero attached hydrogens (tertiary/aromatic N) is 3. The number of rotatable bonds is 8. The van der Waals surface area contributed by atoms with Crippen molar-refractivity contribution in [3.8, 4) is 6.57 Å². The first-order valence-corrected chi connectivity index (χ1v) is 10.7. The lowest BCUT2D eigenvalue weighted by Crippen LogP contribution is -2.37. The summed E-state index contributed by atoms with van der Waals surface area (Å²) in [6, 6.07) is 7.05. The average molecular weight is 437 g/mol. The fourth-order valence-corrected chi connectivity index (χ4v) is 3.66. The van der Waals surface area contributed by atoms with Crippen molar-refractivity contribution in [2.24, 2.45) is 0 Å². The van der Waals surface area contributed by atoms with Gasteiger partial charge in [-0.25, -0.2) is 4.98 Å². The molecule has 2 aromatic heterocycles. The smallest absolute Gasteiger partial charge is 0.345 e. The lowest BCUT2D eigenvalue weighted by molar-refractivity contribution is -0.118. The fraction of sp³-hybridized carbons (Fsp3) is 0.391. The Hall–Kier alpha value is -3.80. The number of nitrogens with one attached hydrogen (secondary N) is 4. The van der Waals surface area contributed by atoms with Gasteiger partial charge in [0, 0.05) is 17.9 Å². The summed E-state index contributed by atoms with van der Waals surface area (Å²) in [5.74, 6) is -0.192. The van der Waals surface area contributed by atoms with E-state index in [1.165, 1.54) is 6.26 Å². The number of aromatic amines is 1. The molecular weight excluding hydrogens is 406 g/mol. The van der Waals surface area contributed by atoms with Crippen LogP contribution in [0.5, 0.6) is 0 Å². The molecule has 1 aliphatic rings. The van der Waals surface area contributed by atoms with Crippen molar-refractivity contribution < 1.29 is 9.21 Å². The van der Waals surface area contributed by atoms with Crippen LogP contribution in [0.3, 0.4) is 0 Å². The molecule has 1 unspecified atom stereocenters. The lowest BCUT2D eigenvalue weighted by Gasteiger charge is -2.17. The van der Waals surface area contributed by atoms with Crippen LogP contribution >= 0.6 is 0 Å². The van der Waals surface area contributed by atoms with E-state index in [4.69, 9.17) is 11.0 Å².